The highest BCUT2D eigenvalue weighted by Crippen LogP contribution is 2.25. The smallest absolute Gasteiger partial charge is 0.243 e. The highest BCUT2D eigenvalue weighted by molar-refractivity contribution is 7.89. The summed E-state index contributed by atoms with van der Waals surface area (Å²) in [4.78, 5) is 3.94. The lowest BCUT2D eigenvalue weighted by Gasteiger charge is -2.27. The topological polar surface area (TPSA) is 50.3 Å². The first-order valence-corrected chi connectivity index (χ1v) is 8.39. The van der Waals surface area contributed by atoms with Gasteiger partial charge >= 0.3 is 0 Å². The summed E-state index contributed by atoms with van der Waals surface area (Å²) >= 11 is 5.92. The maximum absolute atomic E-state index is 12.7. The molecule has 0 radical (unpaired) electrons. The van der Waals surface area contributed by atoms with Gasteiger partial charge in [0.25, 0.3) is 0 Å². The molecule has 0 aliphatic rings. The highest BCUT2D eigenvalue weighted by atomic mass is 35.5. The van der Waals surface area contributed by atoms with Gasteiger partial charge in [0.2, 0.25) is 10.0 Å². The molecule has 0 aliphatic heterocycles. The Kier molecular flexibility index (Phi) is 6.23. The lowest BCUT2D eigenvalue weighted by molar-refractivity contribution is 0.324. The van der Waals surface area contributed by atoms with Crippen LogP contribution < -0.4 is 0 Å². The summed E-state index contributed by atoms with van der Waals surface area (Å²) in [5.41, 5.74) is 0. The van der Waals surface area contributed by atoms with Crippen molar-refractivity contribution in [3.63, 3.8) is 0 Å². The molecule has 0 spiro atoms. The molecule has 1 atom stereocenters. The fourth-order valence-electron chi connectivity index (χ4n) is 1.79. The Labute approximate surface area is 120 Å². The third-order valence-corrected chi connectivity index (χ3v) is 5.58. The third kappa shape index (κ3) is 3.91. The second-order valence-electron chi connectivity index (χ2n) is 4.52. The molecule has 0 N–H and O–H groups in total. The van der Waals surface area contributed by atoms with Crippen molar-refractivity contribution in [1.82, 2.24) is 9.29 Å². The minimum atomic E-state index is -3.58. The predicted octanol–water partition coefficient (Wildman–Crippen LogP) is 3.32. The van der Waals surface area contributed by atoms with E-state index in [-0.39, 0.29) is 16.1 Å². The van der Waals surface area contributed by atoms with Gasteiger partial charge in [-0.2, -0.15) is 4.31 Å². The van der Waals surface area contributed by atoms with Crippen LogP contribution in [0.3, 0.4) is 0 Å². The van der Waals surface area contributed by atoms with Crippen LogP contribution in [0.15, 0.2) is 23.2 Å². The van der Waals surface area contributed by atoms with Crippen LogP contribution in [0.5, 0.6) is 0 Å². The van der Waals surface area contributed by atoms with Crippen LogP contribution >= 0.6 is 11.6 Å². The van der Waals surface area contributed by atoms with Gasteiger partial charge in [0.1, 0.15) is 10.0 Å². The summed E-state index contributed by atoms with van der Waals surface area (Å²) in [6.07, 6.45) is 4.03. The average molecular weight is 305 g/mol. The van der Waals surface area contributed by atoms with Crippen LogP contribution in [-0.4, -0.2) is 30.3 Å². The van der Waals surface area contributed by atoms with Gasteiger partial charge in [0.15, 0.2) is 0 Å². The molecule has 1 rings (SSSR count). The molecule has 0 amide bonds. The minimum absolute atomic E-state index is 0.0345. The second-order valence-corrected chi connectivity index (χ2v) is 6.74. The normalized spacial score (nSPS) is 13.7. The van der Waals surface area contributed by atoms with Crippen LogP contribution in [0.1, 0.15) is 40.0 Å². The zero-order chi connectivity index (χ0) is 14.5. The van der Waals surface area contributed by atoms with E-state index in [1.807, 2.05) is 20.8 Å². The Morgan fingerprint density at radius 1 is 1.42 bits per heavy atom. The van der Waals surface area contributed by atoms with Crippen LogP contribution in [0.4, 0.5) is 0 Å². The number of halogens is 1. The zero-order valence-corrected chi connectivity index (χ0v) is 13.2. The largest absolute Gasteiger partial charge is 0.246 e. The Bertz CT molecular complexity index is 505. The summed E-state index contributed by atoms with van der Waals surface area (Å²) in [5.74, 6) is 0. The van der Waals surface area contributed by atoms with E-state index >= 15 is 0 Å². The third-order valence-electron chi connectivity index (χ3n) is 3.13. The summed E-state index contributed by atoms with van der Waals surface area (Å²) in [6.45, 7) is 6.44. The molecule has 1 aromatic rings. The predicted molar refractivity (Wildman–Crippen MR) is 77.8 cm³/mol. The van der Waals surface area contributed by atoms with Gasteiger partial charge in [-0.15, -0.1) is 0 Å². The van der Waals surface area contributed by atoms with Gasteiger partial charge in [-0.3, -0.25) is 0 Å². The van der Waals surface area contributed by atoms with Gasteiger partial charge in [-0.05, 0) is 31.9 Å². The fraction of sp³-hybridized carbons (Fsp3) is 0.615. The molecule has 1 aromatic heterocycles. The molecular weight excluding hydrogens is 284 g/mol. The van der Waals surface area contributed by atoms with Gasteiger partial charge in [-0.25, -0.2) is 13.4 Å². The van der Waals surface area contributed by atoms with E-state index in [2.05, 4.69) is 4.98 Å². The molecule has 0 fully saturated rings. The van der Waals surface area contributed by atoms with Crippen LogP contribution in [0.25, 0.3) is 0 Å². The van der Waals surface area contributed by atoms with Crippen molar-refractivity contribution in [2.75, 3.05) is 6.54 Å². The van der Waals surface area contributed by atoms with Crippen molar-refractivity contribution in [3.05, 3.63) is 23.5 Å². The summed E-state index contributed by atoms with van der Waals surface area (Å²) in [6, 6.07) is 3.05. The van der Waals surface area contributed by atoms with Gasteiger partial charge in [0.05, 0.1) is 0 Å². The maximum atomic E-state index is 12.7. The number of nitrogens with zero attached hydrogens (tertiary/aromatic N) is 2. The van der Waals surface area contributed by atoms with E-state index in [9.17, 15) is 8.42 Å². The van der Waals surface area contributed by atoms with Gasteiger partial charge < -0.3 is 0 Å². The summed E-state index contributed by atoms with van der Waals surface area (Å²) < 4.78 is 26.8. The Balaban J connectivity index is 3.16. The number of hydrogen-bond donors (Lipinski definition) is 0. The maximum Gasteiger partial charge on any atom is 0.246 e. The van der Waals surface area contributed by atoms with Crippen molar-refractivity contribution >= 4 is 21.6 Å². The van der Waals surface area contributed by atoms with Gasteiger partial charge in [0, 0.05) is 18.8 Å². The van der Waals surface area contributed by atoms with Crippen molar-refractivity contribution in [2.45, 2.75) is 51.0 Å². The molecule has 0 saturated heterocycles. The summed E-state index contributed by atoms with van der Waals surface area (Å²) in [7, 11) is -3.58. The zero-order valence-electron chi connectivity index (χ0n) is 11.6. The molecular formula is C13H21ClN2O2S. The molecule has 1 heterocycles. The van der Waals surface area contributed by atoms with Crippen LogP contribution in [0, 0.1) is 0 Å². The van der Waals surface area contributed by atoms with E-state index in [0.717, 1.165) is 19.3 Å². The number of pyridine rings is 1. The molecule has 0 aliphatic carbocycles. The molecule has 19 heavy (non-hydrogen) atoms. The molecule has 6 heteroatoms. The van der Waals surface area contributed by atoms with Crippen molar-refractivity contribution in [1.29, 1.82) is 0 Å². The van der Waals surface area contributed by atoms with E-state index < -0.39 is 10.0 Å². The van der Waals surface area contributed by atoms with Crippen LogP contribution in [0.2, 0.25) is 5.15 Å². The van der Waals surface area contributed by atoms with Crippen molar-refractivity contribution in [3.8, 4) is 0 Å². The first kappa shape index (κ1) is 16.4. The Morgan fingerprint density at radius 3 is 2.63 bits per heavy atom. The monoisotopic (exact) mass is 304 g/mol. The quantitative estimate of drug-likeness (QED) is 0.726. The summed E-state index contributed by atoms with van der Waals surface area (Å²) in [5, 5.41) is 0.0345. The minimum Gasteiger partial charge on any atom is -0.243 e. The molecule has 0 bridgehead atoms. The first-order valence-electron chi connectivity index (χ1n) is 6.57. The Hall–Kier alpha value is -0.650. The standard InChI is InChI=1S/C13H21ClN2O2S/c1-4-6-10-16(11(3)5-2)19(17,18)12-8-7-9-15-13(12)14/h7-9,11H,4-6,10H2,1-3H3. The van der Waals surface area contributed by atoms with E-state index in [0.29, 0.717) is 6.54 Å². The number of sulfonamides is 1. The molecule has 0 saturated carbocycles. The number of rotatable bonds is 7. The van der Waals surface area contributed by atoms with E-state index in [1.54, 1.807) is 6.07 Å². The number of hydrogen-bond acceptors (Lipinski definition) is 3. The molecule has 4 nitrogen and oxygen atoms in total. The van der Waals surface area contributed by atoms with Gasteiger partial charge in [-0.1, -0.05) is 31.9 Å². The van der Waals surface area contributed by atoms with Crippen LogP contribution in [-0.2, 0) is 10.0 Å². The SMILES string of the molecule is CCCCN(C(C)CC)S(=O)(=O)c1cccnc1Cl. The molecule has 108 valence electrons. The van der Waals surface area contributed by atoms with E-state index in [4.69, 9.17) is 11.6 Å². The molecule has 1 unspecified atom stereocenters. The molecule has 0 aromatic carbocycles. The lowest BCUT2D eigenvalue weighted by Crippen LogP contribution is -2.39. The van der Waals surface area contributed by atoms with Crippen molar-refractivity contribution < 1.29 is 8.42 Å². The number of aromatic nitrogens is 1. The highest BCUT2D eigenvalue weighted by Gasteiger charge is 2.29. The fourth-order valence-corrected chi connectivity index (χ4v) is 3.96. The lowest BCUT2D eigenvalue weighted by atomic mass is 10.2. The van der Waals surface area contributed by atoms with E-state index in [1.165, 1.54) is 16.6 Å². The Morgan fingerprint density at radius 2 is 2.11 bits per heavy atom. The average Bonchev–Trinajstić information content (AvgIpc) is 2.38. The first-order chi connectivity index (χ1) is 8.95. The van der Waals surface area contributed by atoms with Crippen molar-refractivity contribution in [2.24, 2.45) is 0 Å². The number of unbranched alkanes of at least 4 members (excludes halogenated alkanes) is 1. The second kappa shape index (κ2) is 7.22.